The lowest BCUT2D eigenvalue weighted by Crippen LogP contribution is -2.29. The van der Waals surface area contributed by atoms with Gasteiger partial charge in [0, 0.05) is 35.6 Å². The Labute approximate surface area is 210 Å². The van der Waals surface area contributed by atoms with E-state index in [1.165, 1.54) is 24.8 Å². The molecule has 5 rings (SSSR count). The zero-order valence-electron chi connectivity index (χ0n) is 19.9. The number of anilines is 4. The molecule has 1 saturated heterocycles. The molecule has 3 heterocycles. The monoisotopic (exact) mass is 483 g/mol. The third-order valence-electron chi connectivity index (χ3n) is 6.29. The van der Waals surface area contributed by atoms with Crippen molar-refractivity contribution in [1.82, 2.24) is 14.9 Å². The number of aryl methyl sites for hydroxylation is 1. The highest BCUT2D eigenvalue weighted by Gasteiger charge is 2.18. The molecule has 1 amide bonds. The first kappa shape index (κ1) is 23.2. The lowest BCUT2D eigenvalue weighted by molar-refractivity contribution is 0.102. The van der Waals surface area contributed by atoms with Crippen LogP contribution in [0.2, 0.25) is 0 Å². The Morgan fingerprint density at radius 1 is 1.06 bits per heavy atom. The molecule has 35 heavy (non-hydrogen) atoms. The smallest absolute Gasteiger partial charge is 0.255 e. The first-order chi connectivity index (χ1) is 17.2. The minimum Gasteiger partial charge on any atom is -0.322 e. The number of hydrogen-bond donors (Lipinski definition) is 1. The minimum atomic E-state index is -0.119. The van der Waals surface area contributed by atoms with Crippen molar-refractivity contribution >= 4 is 39.4 Å². The summed E-state index contributed by atoms with van der Waals surface area (Å²) >= 11 is 1.56. The van der Waals surface area contributed by atoms with Gasteiger partial charge in [0.2, 0.25) is 0 Å². The molecule has 1 aliphatic heterocycles. The van der Waals surface area contributed by atoms with E-state index >= 15 is 0 Å². The molecule has 178 valence electrons. The van der Waals surface area contributed by atoms with E-state index in [2.05, 4.69) is 44.1 Å². The van der Waals surface area contributed by atoms with Crippen LogP contribution in [0, 0.1) is 6.92 Å². The number of carbonyl (C=O) groups is 1. The second-order valence-electron chi connectivity index (χ2n) is 8.85. The van der Waals surface area contributed by atoms with Crippen LogP contribution in [0.5, 0.6) is 0 Å². The van der Waals surface area contributed by atoms with Gasteiger partial charge >= 0.3 is 0 Å². The van der Waals surface area contributed by atoms with Crippen LogP contribution < -0.4 is 10.2 Å². The molecule has 7 heteroatoms. The van der Waals surface area contributed by atoms with Crippen molar-refractivity contribution in [3.8, 4) is 0 Å². The zero-order valence-corrected chi connectivity index (χ0v) is 20.7. The molecule has 0 atom stereocenters. The van der Waals surface area contributed by atoms with Crippen molar-refractivity contribution in [1.29, 1.82) is 0 Å². The number of aromatic nitrogens is 2. The van der Waals surface area contributed by atoms with Crippen molar-refractivity contribution in [3.05, 3.63) is 95.3 Å². The number of hydrogen-bond acceptors (Lipinski definition) is 6. The summed E-state index contributed by atoms with van der Waals surface area (Å²) in [6.07, 6.45) is 9.25. The van der Waals surface area contributed by atoms with Crippen molar-refractivity contribution < 1.29 is 4.79 Å². The molecular weight excluding hydrogens is 454 g/mol. The van der Waals surface area contributed by atoms with Gasteiger partial charge in [-0.1, -0.05) is 24.6 Å². The molecule has 1 N–H and O–H groups in total. The van der Waals surface area contributed by atoms with Gasteiger partial charge in [0.15, 0.2) is 5.13 Å². The van der Waals surface area contributed by atoms with Crippen LogP contribution in [0.4, 0.5) is 22.2 Å². The van der Waals surface area contributed by atoms with Crippen LogP contribution in [0.15, 0.2) is 78.6 Å². The van der Waals surface area contributed by atoms with E-state index in [1.807, 2.05) is 54.0 Å². The number of nitrogens with zero attached hydrogens (tertiary/aromatic N) is 4. The van der Waals surface area contributed by atoms with E-state index in [-0.39, 0.29) is 5.91 Å². The van der Waals surface area contributed by atoms with Gasteiger partial charge in [-0.05, 0) is 80.4 Å². The molecule has 1 fully saturated rings. The molecular formula is C28H29N5OS. The largest absolute Gasteiger partial charge is 0.322 e. The van der Waals surface area contributed by atoms with Gasteiger partial charge in [-0.25, -0.2) is 4.98 Å². The average Bonchev–Trinajstić information content (AvgIpc) is 3.42. The quantitative estimate of drug-likeness (QED) is 0.323. The second-order valence-corrected chi connectivity index (χ2v) is 9.72. The topological polar surface area (TPSA) is 61.4 Å². The maximum absolute atomic E-state index is 13.0. The fraction of sp³-hybridized carbons (Fsp3) is 0.250. The highest BCUT2D eigenvalue weighted by Crippen LogP contribution is 2.38. The van der Waals surface area contributed by atoms with Crippen molar-refractivity contribution in [2.45, 2.75) is 32.7 Å². The van der Waals surface area contributed by atoms with E-state index in [0.29, 0.717) is 5.56 Å². The van der Waals surface area contributed by atoms with Gasteiger partial charge in [-0.3, -0.25) is 19.6 Å². The van der Waals surface area contributed by atoms with E-state index in [9.17, 15) is 4.79 Å². The molecule has 0 aliphatic carbocycles. The Balaban J connectivity index is 1.34. The summed E-state index contributed by atoms with van der Waals surface area (Å²) < 4.78 is 0. The fourth-order valence-electron chi connectivity index (χ4n) is 4.43. The SMILES string of the molecule is Cc1ccc(NC(=O)c2ccc(CN3CCCCC3)cc2)cc1N(c1cccnc1)c1nccs1. The molecule has 2 aromatic carbocycles. The minimum absolute atomic E-state index is 0.119. The van der Waals surface area contributed by atoms with E-state index in [0.717, 1.165) is 47.4 Å². The van der Waals surface area contributed by atoms with Gasteiger partial charge in [-0.2, -0.15) is 0 Å². The normalized spacial score (nSPS) is 14.0. The van der Waals surface area contributed by atoms with Crippen molar-refractivity contribution in [2.24, 2.45) is 0 Å². The number of benzene rings is 2. The predicted octanol–water partition coefficient (Wildman–Crippen LogP) is 6.55. The summed E-state index contributed by atoms with van der Waals surface area (Å²) in [6.45, 7) is 5.33. The zero-order chi connectivity index (χ0) is 24.0. The summed E-state index contributed by atoms with van der Waals surface area (Å²) in [7, 11) is 0. The Morgan fingerprint density at radius 3 is 2.60 bits per heavy atom. The molecule has 0 saturated carbocycles. The molecule has 0 unspecified atom stereocenters. The number of likely N-dealkylation sites (tertiary alicyclic amines) is 1. The summed E-state index contributed by atoms with van der Waals surface area (Å²) in [4.78, 5) is 26.4. The number of piperidine rings is 1. The van der Waals surface area contributed by atoms with E-state index < -0.39 is 0 Å². The first-order valence-electron chi connectivity index (χ1n) is 12.0. The molecule has 2 aromatic heterocycles. The first-order valence-corrected chi connectivity index (χ1v) is 12.9. The van der Waals surface area contributed by atoms with Crippen LogP contribution >= 0.6 is 11.3 Å². The number of thiazole rings is 1. The molecule has 1 aliphatic rings. The number of amides is 1. The van der Waals surface area contributed by atoms with Gasteiger partial charge in [0.25, 0.3) is 5.91 Å². The Bertz CT molecular complexity index is 1250. The lowest BCUT2D eigenvalue weighted by atomic mass is 10.1. The van der Waals surface area contributed by atoms with Gasteiger partial charge < -0.3 is 5.32 Å². The Kier molecular flexibility index (Phi) is 7.16. The van der Waals surface area contributed by atoms with Crippen molar-refractivity contribution in [3.63, 3.8) is 0 Å². The standard InChI is InChI=1S/C28H29N5OS/c1-21-7-12-24(18-26(21)33(28-30-14-17-35-28)25-6-5-13-29-19-25)31-27(34)23-10-8-22(9-11-23)20-32-15-3-2-4-16-32/h5-14,17-19H,2-4,15-16,20H2,1H3,(H,31,34). The highest BCUT2D eigenvalue weighted by molar-refractivity contribution is 7.13. The van der Waals surface area contributed by atoms with Crippen LogP contribution in [0.3, 0.4) is 0 Å². The number of nitrogens with one attached hydrogen (secondary N) is 1. The highest BCUT2D eigenvalue weighted by atomic mass is 32.1. The average molecular weight is 484 g/mol. The lowest BCUT2D eigenvalue weighted by Gasteiger charge is -2.26. The van der Waals surface area contributed by atoms with Crippen molar-refractivity contribution in [2.75, 3.05) is 23.3 Å². The maximum Gasteiger partial charge on any atom is 0.255 e. The number of pyridine rings is 1. The van der Waals surface area contributed by atoms with Gasteiger partial charge in [-0.15, -0.1) is 11.3 Å². The fourth-order valence-corrected chi connectivity index (χ4v) is 5.11. The van der Waals surface area contributed by atoms with Crippen LogP contribution in [0.25, 0.3) is 0 Å². The third-order valence-corrected chi connectivity index (χ3v) is 7.05. The number of rotatable bonds is 7. The number of carbonyl (C=O) groups excluding carboxylic acids is 1. The second kappa shape index (κ2) is 10.8. The molecule has 6 nitrogen and oxygen atoms in total. The molecule has 0 bridgehead atoms. The van der Waals surface area contributed by atoms with Gasteiger partial charge in [0.1, 0.15) is 0 Å². The third kappa shape index (κ3) is 5.58. The van der Waals surface area contributed by atoms with Crippen LogP contribution in [-0.4, -0.2) is 33.9 Å². The van der Waals surface area contributed by atoms with Crippen LogP contribution in [-0.2, 0) is 6.54 Å². The Morgan fingerprint density at radius 2 is 1.89 bits per heavy atom. The molecule has 0 spiro atoms. The van der Waals surface area contributed by atoms with E-state index in [4.69, 9.17) is 0 Å². The molecule has 4 aromatic rings. The Hall–Kier alpha value is -3.55. The maximum atomic E-state index is 13.0. The summed E-state index contributed by atoms with van der Waals surface area (Å²) in [6, 6.07) is 17.8. The summed E-state index contributed by atoms with van der Waals surface area (Å²) in [5.41, 5.74) is 5.57. The molecule has 0 radical (unpaired) electrons. The predicted molar refractivity (Wildman–Crippen MR) is 143 cm³/mol. The van der Waals surface area contributed by atoms with E-state index in [1.54, 1.807) is 23.7 Å². The van der Waals surface area contributed by atoms with Gasteiger partial charge in [0.05, 0.1) is 17.6 Å². The van der Waals surface area contributed by atoms with Crippen LogP contribution in [0.1, 0.15) is 40.7 Å². The summed E-state index contributed by atoms with van der Waals surface area (Å²) in [5, 5.41) is 5.86. The summed E-state index contributed by atoms with van der Waals surface area (Å²) in [5.74, 6) is -0.119.